The van der Waals surface area contributed by atoms with Gasteiger partial charge < -0.3 is 15.0 Å². The average molecular weight is 357 g/mol. The Kier molecular flexibility index (Phi) is 6.54. The van der Waals surface area contributed by atoms with Crippen molar-refractivity contribution in [2.75, 3.05) is 29.9 Å². The molecule has 0 atom stereocenters. The summed E-state index contributed by atoms with van der Waals surface area (Å²) in [5.41, 5.74) is 2.56. The van der Waals surface area contributed by atoms with Crippen molar-refractivity contribution < 1.29 is 14.5 Å². The molecule has 0 aromatic heterocycles. The van der Waals surface area contributed by atoms with E-state index in [-0.39, 0.29) is 24.0 Å². The number of ether oxygens (including phenoxy) is 1. The van der Waals surface area contributed by atoms with E-state index in [1.807, 2.05) is 25.1 Å². The predicted molar refractivity (Wildman–Crippen MR) is 102 cm³/mol. The molecule has 0 saturated heterocycles. The minimum absolute atomic E-state index is 0.0706. The number of para-hydroxylation sites is 2. The van der Waals surface area contributed by atoms with Crippen LogP contribution in [0.4, 0.5) is 17.1 Å². The second-order valence-corrected chi connectivity index (χ2v) is 5.73. The quantitative estimate of drug-likeness (QED) is 0.574. The van der Waals surface area contributed by atoms with Crippen LogP contribution in [0.1, 0.15) is 19.4 Å². The van der Waals surface area contributed by atoms with E-state index in [4.69, 9.17) is 4.74 Å². The summed E-state index contributed by atoms with van der Waals surface area (Å²) in [4.78, 5) is 24.8. The highest BCUT2D eigenvalue weighted by atomic mass is 16.6. The molecule has 0 saturated carbocycles. The maximum absolute atomic E-state index is 12.1. The molecule has 26 heavy (non-hydrogen) atoms. The first kappa shape index (κ1) is 19.2. The highest BCUT2D eigenvalue weighted by Crippen LogP contribution is 2.26. The molecule has 0 spiro atoms. The van der Waals surface area contributed by atoms with Gasteiger partial charge in [-0.05, 0) is 50.6 Å². The van der Waals surface area contributed by atoms with Gasteiger partial charge in [-0.3, -0.25) is 14.9 Å². The van der Waals surface area contributed by atoms with Crippen LogP contribution >= 0.6 is 0 Å². The molecule has 7 heteroatoms. The maximum atomic E-state index is 12.1. The Labute approximate surface area is 152 Å². The van der Waals surface area contributed by atoms with Crippen LogP contribution in [0.5, 0.6) is 5.75 Å². The van der Waals surface area contributed by atoms with Gasteiger partial charge in [0.15, 0.2) is 12.4 Å². The van der Waals surface area contributed by atoms with Crippen LogP contribution < -0.4 is 15.0 Å². The van der Waals surface area contributed by atoms with Gasteiger partial charge in [-0.1, -0.05) is 12.1 Å². The number of nitro benzene ring substituents is 1. The van der Waals surface area contributed by atoms with Crippen molar-refractivity contribution in [2.45, 2.75) is 20.8 Å². The van der Waals surface area contributed by atoms with Crippen molar-refractivity contribution in [3.8, 4) is 5.75 Å². The molecule has 0 heterocycles. The molecule has 0 aliphatic rings. The lowest BCUT2D eigenvalue weighted by Crippen LogP contribution is -2.23. The van der Waals surface area contributed by atoms with Gasteiger partial charge in [0.2, 0.25) is 0 Å². The van der Waals surface area contributed by atoms with Gasteiger partial charge in [-0.25, -0.2) is 0 Å². The Morgan fingerprint density at radius 2 is 1.88 bits per heavy atom. The third-order valence-electron chi connectivity index (χ3n) is 4.03. The molecule has 0 aliphatic heterocycles. The Balaban J connectivity index is 2.01. The number of amides is 1. The summed E-state index contributed by atoms with van der Waals surface area (Å²) in [6.45, 7) is 7.62. The van der Waals surface area contributed by atoms with Crippen LogP contribution in [0, 0.1) is 17.0 Å². The molecule has 138 valence electrons. The van der Waals surface area contributed by atoms with Gasteiger partial charge in [-0.2, -0.15) is 0 Å². The normalized spacial score (nSPS) is 10.3. The van der Waals surface area contributed by atoms with Crippen molar-refractivity contribution in [3.05, 3.63) is 58.1 Å². The van der Waals surface area contributed by atoms with Crippen molar-refractivity contribution in [2.24, 2.45) is 0 Å². The van der Waals surface area contributed by atoms with E-state index in [2.05, 4.69) is 24.1 Å². The number of anilines is 2. The Morgan fingerprint density at radius 1 is 1.19 bits per heavy atom. The zero-order valence-corrected chi connectivity index (χ0v) is 15.2. The molecule has 2 rings (SSSR count). The summed E-state index contributed by atoms with van der Waals surface area (Å²) in [5, 5.41) is 13.7. The van der Waals surface area contributed by atoms with E-state index in [0.29, 0.717) is 5.69 Å². The van der Waals surface area contributed by atoms with Crippen molar-refractivity contribution >= 4 is 23.0 Å². The number of hydrogen-bond acceptors (Lipinski definition) is 5. The molecule has 0 fully saturated rings. The van der Waals surface area contributed by atoms with Crippen LogP contribution in [-0.2, 0) is 4.79 Å². The average Bonchev–Trinajstić information content (AvgIpc) is 2.63. The van der Waals surface area contributed by atoms with Crippen molar-refractivity contribution in [1.29, 1.82) is 0 Å². The van der Waals surface area contributed by atoms with E-state index < -0.39 is 4.92 Å². The molecule has 7 nitrogen and oxygen atoms in total. The summed E-state index contributed by atoms with van der Waals surface area (Å²) >= 11 is 0. The molecule has 1 N–H and O–H groups in total. The second kappa shape index (κ2) is 8.84. The van der Waals surface area contributed by atoms with Gasteiger partial charge in [0, 0.05) is 30.5 Å². The Morgan fingerprint density at radius 3 is 2.50 bits per heavy atom. The van der Waals surface area contributed by atoms with Gasteiger partial charge in [0.25, 0.3) is 5.91 Å². The Hall–Kier alpha value is -3.09. The second-order valence-electron chi connectivity index (χ2n) is 5.73. The third-order valence-corrected chi connectivity index (χ3v) is 4.03. The zero-order chi connectivity index (χ0) is 19.1. The van der Waals surface area contributed by atoms with Crippen LogP contribution in [0.25, 0.3) is 0 Å². The molecule has 0 aliphatic carbocycles. The molecule has 0 radical (unpaired) electrons. The van der Waals surface area contributed by atoms with Gasteiger partial charge in [-0.15, -0.1) is 0 Å². The van der Waals surface area contributed by atoms with E-state index >= 15 is 0 Å². The summed E-state index contributed by atoms with van der Waals surface area (Å²) in [7, 11) is 0. The zero-order valence-electron chi connectivity index (χ0n) is 15.2. The number of carbonyl (C=O) groups excluding carboxylic acids is 1. The number of hydrogen-bond donors (Lipinski definition) is 1. The third kappa shape index (κ3) is 4.72. The molecular weight excluding hydrogens is 334 g/mol. The van der Waals surface area contributed by atoms with E-state index in [1.165, 1.54) is 12.1 Å². The SMILES string of the molecule is CCN(CC)c1ccc(NC(=O)COc2ccccc2[N+](=O)[O-])c(C)c1. The molecule has 2 aromatic carbocycles. The number of rotatable bonds is 8. The van der Waals surface area contributed by atoms with Crippen molar-refractivity contribution in [1.82, 2.24) is 0 Å². The first-order valence-electron chi connectivity index (χ1n) is 8.47. The number of carbonyl (C=O) groups is 1. The predicted octanol–water partition coefficient (Wildman–Crippen LogP) is 3.77. The smallest absolute Gasteiger partial charge is 0.310 e. The largest absolute Gasteiger partial charge is 0.477 e. The standard InChI is InChI=1S/C19H23N3O4/c1-4-21(5-2)15-10-11-16(14(3)12-15)20-19(23)13-26-18-9-7-6-8-17(18)22(24)25/h6-12H,4-5,13H2,1-3H3,(H,20,23). The lowest BCUT2D eigenvalue weighted by atomic mass is 10.1. The van der Waals surface area contributed by atoms with Crippen LogP contribution in [-0.4, -0.2) is 30.5 Å². The van der Waals surface area contributed by atoms with Crippen LogP contribution in [0.15, 0.2) is 42.5 Å². The number of benzene rings is 2. The van der Waals surface area contributed by atoms with Gasteiger partial charge >= 0.3 is 5.69 Å². The lowest BCUT2D eigenvalue weighted by Gasteiger charge is -2.22. The molecule has 0 bridgehead atoms. The summed E-state index contributed by atoms with van der Waals surface area (Å²) in [6, 6.07) is 11.8. The molecule has 0 unspecified atom stereocenters. The van der Waals surface area contributed by atoms with Crippen LogP contribution in [0.3, 0.4) is 0 Å². The van der Waals surface area contributed by atoms with Gasteiger partial charge in [0.1, 0.15) is 0 Å². The molecular formula is C19H23N3O4. The number of aryl methyl sites for hydroxylation is 1. The first-order valence-corrected chi connectivity index (χ1v) is 8.47. The van der Waals surface area contributed by atoms with Crippen LogP contribution in [0.2, 0.25) is 0 Å². The monoisotopic (exact) mass is 357 g/mol. The van der Waals surface area contributed by atoms with E-state index in [1.54, 1.807) is 12.1 Å². The topological polar surface area (TPSA) is 84.7 Å². The molecule has 1 amide bonds. The fourth-order valence-corrected chi connectivity index (χ4v) is 2.63. The number of nitrogens with one attached hydrogen (secondary N) is 1. The fourth-order valence-electron chi connectivity index (χ4n) is 2.63. The highest BCUT2D eigenvalue weighted by Gasteiger charge is 2.15. The minimum Gasteiger partial charge on any atom is -0.477 e. The minimum atomic E-state index is -0.538. The lowest BCUT2D eigenvalue weighted by molar-refractivity contribution is -0.385. The highest BCUT2D eigenvalue weighted by molar-refractivity contribution is 5.93. The summed E-state index contributed by atoms with van der Waals surface area (Å²) < 4.78 is 5.31. The van der Waals surface area contributed by atoms with Crippen molar-refractivity contribution in [3.63, 3.8) is 0 Å². The maximum Gasteiger partial charge on any atom is 0.310 e. The summed E-state index contributed by atoms with van der Waals surface area (Å²) in [5.74, 6) is -0.303. The summed E-state index contributed by atoms with van der Waals surface area (Å²) in [6.07, 6.45) is 0. The first-order chi connectivity index (χ1) is 12.5. The fraction of sp³-hybridized carbons (Fsp3) is 0.316. The number of nitrogens with zero attached hydrogens (tertiary/aromatic N) is 2. The van der Waals surface area contributed by atoms with Gasteiger partial charge in [0.05, 0.1) is 4.92 Å². The van der Waals surface area contributed by atoms with E-state index in [9.17, 15) is 14.9 Å². The van der Waals surface area contributed by atoms with E-state index in [0.717, 1.165) is 24.3 Å². The Bertz CT molecular complexity index is 788. The number of nitro groups is 1. The molecule has 2 aromatic rings.